The Morgan fingerprint density at radius 2 is 1.76 bits per heavy atom. The van der Waals surface area contributed by atoms with Crippen molar-refractivity contribution in [2.45, 2.75) is 51.5 Å². The van der Waals surface area contributed by atoms with E-state index in [0.29, 0.717) is 24.8 Å². The summed E-state index contributed by atoms with van der Waals surface area (Å²) >= 11 is 0. The maximum Gasteiger partial charge on any atom is 0.326 e. The molecule has 2 fully saturated rings. The van der Waals surface area contributed by atoms with Crippen molar-refractivity contribution < 1.29 is 14.7 Å². The molecule has 17 heavy (non-hydrogen) atoms. The Balaban J connectivity index is 2.02. The van der Waals surface area contributed by atoms with Crippen molar-refractivity contribution >= 4 is 11.9 Å². The maximum atomic E-state index is 11.5. The molecule has 1 unspecified atom stereocenters. The summed E-state index contributed by atoms with van der Waals surface area (Å²) in [7, 11) is 0. The standard InChI is InChI=1S/C13H21NO3/c1-9(15)14-8-11(7-12(14)13(16)17)10-5-3-2-4-6-10/h10-12H,2-8H2,1H3,(H,16,17)/t11?,12-/m0/s1. The summed E-state index contributed by atoms with van der Waals surface area (Å²) in [5.74, 6) is 0.0875. The van der Waals surface area contributed by atoms with E-state index in [0.717, 1.165) is 0 Å². The van der Waals surface area contributed by atoms with Gasteiger partial charge in [0.15, 0.2) is 0 Å². The minimum atomic E-state index is -0.849. The molecule has 1 aliphatic heterocycles. The number of hydrogen-bond donors (Lipinski definition) is 1. The lowest BCUT2D eigenvalue weighted by atomic mass is 9.79. The lowest BCUT2D eigenvalue weighted by Gasteiger charge is -2.27. The molecule has 0 spiro atoms. The van der Waals surface area contributed by atoms with Crippen LogP contribution in [0.4, 0.5) is 0 Å². The molecule has 0 bridgehead atoms. The first-order chi connectivity index (χ1) is 8.09. The lowest BCUT2D eigenvalue weighted by molar-refractivity contribution is -0.147. The van der Waals surface area contributed by atoms with E-state index < -0.39 is 12.0 Å². The van der Waals surface area contributed by atoms with Crippen LogP contribution in [0.1, 0.15) is 45.4 Å². The fraction of sp³-hybridized carbons (Fsp3) is 0.846. The average molecular weight is 239 g/mol. The number of amides is 1. The number of hydrogen-bond acceptors (Lipinski definition) is 2. The molecule has 4 heteroatoms. The summed E-state index contributed by atoms with van der Waals surface area (Å²) in [4.78, 5) is 24.1. The Labute approximate surface area is 102 Å². The Morgan fingerprint density at radius 1 is 1.12 bits per heavy atom. The summed E-state index contributed by atoms with van der Waals surface area (Å²) in [6.07, 6.45) is 6.91. The number of carbonyl (C=O) groups is 2. The zero-order chi connectivity index (χ0) is 12.4. The van der Waals surface area contributed by atoms with Crippen molar-refractivity contribution in [3.05, 3.63) is 0 Å². The zero-order valence-electron chi connectivity index (χ0n) is 10.4. The number of carbonyl (C=O) groups excluding carboxylic acids is 1. The molecule has 0 aromatic rings. The summed E-state index contributed by atoms with van der Waals surface area (Å²) < 4.78 is 0. The molecule has 1 heterocycles. The van der Waals surface area contributed by atoms with Crippen LogP contribution in [0.5, 0.6) is 0 Å². The predicted octanol–water partition coefficient (Wildman–Crippen LogP) is 1.89. The zero-order valence-corrected chi connectivity index (χ0v) is 10.4. The van der Waals surface area contributed by atoms with E-state index in [-0.39, 0.29) is 5.91 Å². The third kappa shape index (κ3) is 2.61. The van der Waals surface area contributed by atoms with Crippen LogP contribution in [0.3, 0.4) is 0 Å². The monoisotopic (exact) mass is 239 g/mol. The van der Waals surface area contributed by atoms with E-state index in [9.17, 15) is 9.59 Å². The van der Waals surface area contributed by atoms with Crippen LogP contribution in [0.25, 0.3) is 0 Å². The normalized spacial score (nSPS) is 30.5. The van der Waals surface area contributed by atoms with Gasteiger partial charge in [0.05, 0.1) is 0 Å². The van der Waals surface area contributed by atoms with E-state index in [1.54, 1.807) is 4.90 Å². The van der Waals surface area contributed by atoms with Crippen LogP contribution >= 0.6 is 0 Å². The summed E-state index contributed by atoms with van der Waals surface area (Å²) in [6.45, 7) is 2.12. The minimum Gasteiger partial charge on any atom is -0.480 e. The average Bonchev–Trinajstić information content (AvgIpc) is 2.75. The molecule has 2 atom stereocenters. The molecule has 2 rings (SSSR count). The molecule has 2 aliphatic rings. The Hall–Kier alpha value is -1.06. The Morgan fingerprint density at radius 3 is 2.24 bits per heavy atom. The Bertz CT molecular complexity index is 288. The van der Waals surface area contributed by atoms with Gasteiger partial charge in [-0.15, -0.1) is 0 Å². The van der Waals surface area contributed by atoms with E-state index in [1.165, 1.54) is 39.0 Å². The number of aliphatic carboxylic acids is 1. The first-order valence-corrected chi connectivity index (χ1v) is 6.59. The third-order valence-electron chi connectivity index (χ3n) is 4.34. The summed E-state index contributed by atoms with van der Waals surface area (Å²) in [6, 6.07) is -0.584. The lowest BCUT2D eigenvalue weighted by Crippen LogP contribution is -2.39. The topological polar surface area (TPSA) is 57.6 Å². The third-order valence-corrected chi connectivity index (χ3v) is 4.34. The smallest absolute Gasteiger partial charge is 0.326 e. The van der Waals surface area contributed by atoms with Crippen LogP contribution in [-0.2, 0) is 9.59 Å². The van der Waals surface area contributed by atoms with Gasteiger partial charge in [0.1, 0.15) is 6.04 Å². The van der Waals surface area contributed by atoms with Gasteiger partial charge < -0.3 is 10.0 Å². The molecular weight excluding hydrogens is 218 g/mol. The summed E-state index contributed by atoms with van der Waals surface area (Å²) in [5.41, 5.74) is 0. The van der Waals surface area contributed by atoms with E-state index in [4.69, 9.17) is 5.11 Å². The number of rotatable bonds is 2. The van der Waals surface area contributed by atoms with E-state index in [2.05, 4.69) is 0 Å². The summed E-state index contributed by atoms with van der Waals surface area (Å²) in [5, 5.41) is 9.15. The quantitative estimate of drug-likeness (QED) is 0.800. The highest BCUT2D eigenvalue weighted by atomic mass is 16.4. The molecule has 0 aromatic heterocycles. The van der Waals surface area contributed by atoms with Crippen molar-refractivity contribution in [2.24, 2.45) is 11.8 Å². The number of carboxylic acids is 1. The molecule has 1 aliphatic carbocycles. The second-order valence-electron chi connectivity index (χ2n) is 5.42. The molecule has 0 aromatic carbocycles. The number of nitrogens with zero attached hydrogens (tertiary/aromatic N) is 1. The first kappa shape index (κ1) is 12.4. The van der Waals surface area contributed by atoms with Gasteiger partial charge in [-0.1, -0.05) is 32.1 Å². The molecule has 1 amide bonds. The fourth-order valence-electron chi connectivity index (χ4n) is 3.40. The second-order valence-corrected chi connectivity index (χ2v) is 5.42. The maximum absolute atomic E-state index is 11.5. The van der Waals surface area contributed by atoms with Gasteiger partial charge >= 0.3 is 5.97 Å². The largest absolute Gasteiger partial charge is 0.480 e. The van der Waals surface area contributed by atoms with Gasteiger partial charge in [0.2, 0.25) is 5.91 Å². The molecule has 4 nitrogen and oxygen atoms in total. The van der Waals surface area contributed by atoms with Crippen molar-refractivity contribution in [2.75, 3.05) is 6.54 Å². The van der Waals surface area contributed by atoms with Crippen molar-refractivity contribution in [3.63, 3.8) is 0 Å². The van der Waals surface area contributed by atoms with Gasteiger partial charge in [-0.25, -0.2) is 4.79 Å². The van der Waals surface area contributed by atoms with E-state index in [1.807, 2.05) is 0 Å². The SMILES string of the molecule is CC(=O)N1CC(C2CCCCC2)C[C@H]1C(=O)O. The molecule has 0 radical (unpaired) electrons. The predicted molar refractivity (Wildman–Crippen MR) is 63.5 cm³/mol. The molecular formula is C13H21NO3. The van der Waals surface area contributed by atoms with Gasteiger partial charge in [-0.05, 0) is 18.3 Å². The number of likely N-dealkylation sites (tertiary alicyclic amines) is 1. The molecule has 1 saturated carbocycles. The van der Waals surface area contributed by atoms with Gasteiger partial charge in [0, 0.05) is 13.5 Å². The van der Waals surface area contributed by atoms with Gasteiger partial charge in [0.25, 0.3) is 0 Å². The van der Waals surface area contributed by atoms with Gasteiger partial charge in [-0.3, -0.25) is 4.79 Å². The van der Waals surface area contributed by atoms with Crippen LogP contribution in [0, 0.1) is 11.8 Å². The van der Waals surface area contributed by atoms with Crippen LogP contribution < -0.4 is 0 Å². The Kier molecular flexibility index (Phi) is 3.69. The molecule has 1 N–H and O–H groups in total. The second kappa shape index (κ2) is 5.07. The highest BCUT2D eigenvalue weighted by molar-refractivity contribution is 5.83. The van der Waals surface area contributed by atoms with Crippen LogP contribution in [-0.4, -0.2) is 34.5 Å². The first-order valence-electron chi connectivity index (χ1n) is 6.59. The highest BCUT2D eigenvalue weighted by Crippen LogP contribution is 2.37. The van der Waals surface area contributed by atoms with Crippen molar-refractivity contribution in [1.29, 1.82) is 0 Å². The van der Waals surface area contributed by atoms with Crippen molar-refractivity contribution in [3.8, 4) is 0 Å². The minimum absolute atomic E-state index is 0.101. The molecule has 1 saturated heterocycles. The van der Waals surface area contributed by atoms with Crippen molar-refractivity contribution in [1.82, 2.24) is 4.90 Å². The highest BCUT2D eigenvalue weighted by Gasteiger charge is 2.41. The van der Waals surface area contributed by atoms with Gasteiger partial charge in [-0.2, -0.15) is 0 Å². The van der Waals surface area contributed by atoms with Crippen LogP contribution in [0.2, 0.25) is 0 Å². The van der Waals surface area contributed by atoms with E-state index >= 15 is 0 Å². The van der Waals surface area contributed by atoms with Crippen LogP contribution in [0.15, 0.2) is 0 Å². The molecule has 96 valence electrons. The number of carboxylic acid groups (broad SMARTS) is 1. The fourth-order valence-corrected chi connectivity index (χ4v) is 3.40.